The van der Waals surface area contributed by atoms with Crippen LogP contribution < -0.4 is 15.4 Å². The van der Waals surface area contributed by atoms with E-state index < -0.39 is 11.7 Å². The van der Waals surface area contributed by atoms with Gasteiger partial charge < -0.3 is 15.4 Å². The highest BCUT2D eigenvalue weighted by Gasteiger charge is 2.15. The third kappa shape index (κ3) is 4.87. The Kier molecular flexibility index (Phi) is 5.90. The number of ether oxygens (including phenoxy) is 1. The van der Waals surface area contributed by atoms with Crippen LogP contribution in [0.3, 0.4) is 0 Å². The molecule has 31 heavy (non-hydrogen) atoms. The summed E-state index contributed by atoms with van der Waals surface area (Å²) in [7, 11) is 0. The van der Waals surface area contributed by atoms with Crippen molar-refractivity contribution in [1.29, 1.82) is 0 Å². The summed E-state index contributed by atoms with van der Waals surface area (Å²) in [6.07, 6.45) is 0. The van der Waals surface area contributed by atoms with Crippen molar-refractivity contribution in [2.24, 2.45) is 0 Å². The Hall–Kier alpha value is -3.78. The summed E-state index contributed by atoms with van der Waals surface area (Å²) in [4.78, 5) is 29.3. The van der Waals surface area contributed by atoms with Gasteiger partial charge in [0.2, 0.25) is 0 Å². The molecule has 1 heterocycles. The average molecular weight is 435 g/mol. The smallest absolute Gasteiger partial charge is 0.262 e. The number of aromatic nitrogens is 1. The molecule has 2 N–H and O–H groups in total. The molecule has 0 radical (unpaired) electrons. The lowest BCUT2D eigenvalue weighted by Crippen LogP contribution is -2.22. The minimum Gasteiger partial charge on any atom is -0.483 e. The van der Waals surface area contributed by atoms with Crippen LogP contribution in [0.2, 0.25) is 0 Å². The number of nitrogens with one attached hydrogen (secondary N) is 2. The van der Waals surface area contributed by atoms with Crippen LogP contribution >= 0.6 is 11.3 Å². The lowest BCUT2D eigenvalue weighted by atomic mass is 10.2. The Morgan fingerprint density at radius 3 is 2.65 bits per heavy atom. The van der Waals surface area contributed by atoms with Gasteiger partial charge in [0.25, 0.3) is 11.8 Å². The zero-order valence-electron chi connectivity index (χ0n) is 16.5. The number of amides is 2. The lowest BCUT2D eigenvalue weighted by Gasteiger charge is -2.12. The summed E-state index contributed by atoms with van der Waals surface area (Å²) in [6, 6.07) is 18.0. The maximum Gasteiger partial charge on any atom is 0.262 e. The van der Waals surface area contributed by atoms with E-state index in [1.54, 1.807) is 47.7 Å². The van der Waals surface area contributed by atoms with Crippen LogP contribution in [0.5, 0.6) is 5.75 Å². The molecule has 1 aromatic heterocycles. The van der Waals surface area contributed by atoms with Crippen molar-refractivity contribution in [3.8, 4) is 5.75 Å². The Bertz CT molecular complexity index is 1270. The Morgan fingerprint density at radius 2 is 1.81 bits per heavy atom. The molecule has 0 atom stereocenters. The number of aryl methyl sites for hydroxylation is 1. The molecule has 4 aromatic rings. The average Bonchev–Trinajstić information content (AvgIpc) is 3.13. The van der Waals surface area contributed by atoms with E-state index in [0.717, 1.165) is 15.2 Å². The molecule has 2 amide bonds. The zero-order chi connectivity index (χ0) is 21.8. The van der Waals surface area contributed by atoms with Crippen molar-refractivity contribution in [1.82, 2.24) is 4.98 Å². The number of halogens is 1. The Labute approximate surface area is 181 Å². The molecule has 0 spiro atoms. The number of hydrogen-bond donors (Lipinski definition) is 2. The van der Waals surface area contributed by atoms with Gasteiger partial charge in [0, 0.05) is 5.69 Å². The molecule has 0 saturated carbocycles. The summed E-state index contributed by atoms with van der Waals surface area (Å²) in [5.74, 6) is -1.20. The third-order valence-corrected chi connectivity index (χ3v) is 5.33. The van der Waals surface area contributed by atoms with E-state index in [1.807, 2.05) is 19.1 Å². The highest BCUT2D eigenvalue weighted by Crippen LogP contribution is 2.26. The van der Waals surface area contributed by atoms with Crippen LogP contribution in [-0.4, -0.2) is 23.4 Å². The number of hydrogen-bond acceptors (Lipinski definition) is 5. The Balaban J connectivity index is 1.44. The summed E-state index contributed by atoms with van der Waals surface area (Å²) in [5.41, 5.74) is 1.86. The molecule has 4 rings (SSSR count). The minimum absolute atomic E-state index is 0.0656. The number of rotatable bonds is 6. The van der Waals surface area contributed by atoms with Crippen LogP contribution in [0.4, 0.5) is 15.8 Å². The van der Waals surface area contributed by atoms with Crippen molar-refractivity contribution >= 4 is 44.7 Å². The molecule has 0 aliphatic rings. The minimum atomic E-state index is -0.538. The van der Waals surface area contributed by atoms with Crippen molar-refractivity contribution in [3.63, 3.8) is 0 Å². The first-order valence-electron chi connectivity index (χ1n) is 9.44. The van der Waals surface area contributed by atoms with Crippen LogP contribution in [0.1, 0.15) is 15.4 Å². The van der Waals surface area contributed by atoms with Crippen LogP contribution in [-0.2, 0) is 4.79 Å². The van der Waals surface area contributed by atoms with Gasteiger partial charge in [0.05, 0.1) is 26.5 Å². The fourth-order valence-corrected chi connectivity index (χ4v) is 3.85. The molecule has 6 nitrogen and oxygen atoms in total. The topological polar surface area (TPSA) is 80.3 Å². The highest BCUT2D eigenvalue weighted by molar-refractivity contribution is 7.18. The number of anilines is 2. The maximum absolute atomic E-state index is 13.7. The highest BCUT2D eigenvalue weighted by atomic mass is 32.1. The van der Waals surface area contributed by atoms with Gasteiger partial charge in [-0.2, -0.15) is 0 Å². The number of fused-ring (bicyclic) bond motifs is 1. The summed E-state index contributed by atoms with van der Waals surface area (Å²) in [5, 5.41) is 6.24. The second-order valence-corrected chi connectivity index (χ2v) is 7.92. The molecule has 0 aliphatic carbocycles. The van der Waals surface area contributed by atoms with Gasteiger partial charge in [-0.25, -0.2) is 9.37 Å². The van der Waals surface area contributed by atoms with Crippen LogP contribution in [0.15, 0.2) is 66.7 Å². The predicted molar refractivity (Wildman–Crippen MR) is 119 cm³/mol. The lowest BCUT2D eigenvalue weighted by molar-refractivity contribution is -0.118. The van der Waals surface area contributed by atoms with E-state index in [9.17, 15) is 14.0 Å². The molecule has 0 bridgehead atoms. The summed E-state index contributed by atoms with van der Waals surface area (Å²) in [6.45, 7) is 1.56. The number of para-hydroxylation sites is 2. The number of nitrogens with zero attached hydrogens (tertiary/aromatic N) is 1. The fraction of sp³-hybridized carbons (Fsp3) is 0.0870. The van der Waals surface area contributed by atoms with Crippen molar-refractivity contribution in [3.05, 3.63) is 83.1 Å². The van der Waals surface area contributed by atoms with Crippen LogP contribution in [0, 0.1) is 12.7 Å². The molecular weight excluding hydrogens is 417 g/mol. The molecule has 0 fully saturated rings. The number of benzene rings is 3. The van der Waals surface area contributed by atoms with Crippen molar-refractivity contribution in [2.75, 3.05) is 17.2 Å². The first-order valence-corrected chi connectivity index (χ1v) is 10.3. The number of carbonyl (C=O) groups is 2. The standard InChI is InChI=1S/C23H18FN3O3S/c1-14-25-19-11-10-15(12-21(19)31-14)26-23(29)16-6-2-5-9-20(16)30-13-22(28)27-18-8-4-3-7-17(18)24/h2-12H,13H2,1H3,(H,26,29)(H,27,28). The molecular formula is C23H18FN3O3S. The van der Waals surface area contributed by atoms with Gasteiger partial charge in [0.15, 0.2) is 6.61 Å². The monoisotopic (exact) mass is 435 g/mol. The summed E-state index contributed by atoms with van der Waals surface area (Å²) < 4.78 is 20.2. The van der Waals surface area contributed by atoms with E-state index >= 15 is 0 Å². The van der Waals surface area contributed by atoms with E-state index in [0.29, 0.717) is 5.69 Å². The Morgan fingerprint density at radius 1 is 1.03 bits per heavy atom. The molecule has 0 aliphatic heterocycles. The van der Waals surface area contributed by atoms with Gasteiger partial charge in [-0.15, -0.1) is 11.3 Å². The van der Waals surface area contributed by atoms with Gasteiger partial charge in [-0.3, -0.25) is 9.59 Å². The van der Waals surface area contributed by atoms with Crippen molar-refractivity contribution in [2.45, 2.75) is 6.92 Å². The largest absolute Gasteiger partial charge is 0.483 e. The van der Waals surface area contributed by atoms with E-state index in [2.05, 4.69) is 15.6 Å². The number of thiazole rings is 1. The number of carbonyl (C=O) groups excluding carboxylic acids is 2. The molecule has 0 saturated heterocycles. The SMILES string of the molecule is Cc1nc2ccc(NC(=O)c3ccccc3OCC(=O)Nc3ccccc3F)cc2s1. The van der Waals surface area contributed by atoms with Gasteiger partial charge >= 0.3 is 0 Å². The molecule has 0 unspecified atom stereocenters. The van der Waals surface area contributed by atoms with Gasteiger partial charge in [0.1, 0.15) is 11.6 Å². The molecule has 156 valence electrons. The second-order valence-electron chi connectivity index (χ2n) is 6.68. The van der Waals surface area contributed by atoms with E-state index in [4.69, 9.17) is 4.74 Å². The summed E-state index contributed by atoms with van der Waals surface area (Å²) >= 11 is 1.55. The van der Waals surface area contributed by atoms with E-state index in [-0.39, 0.29) is 29.5 Å². The predicted octanol–water partition coefficient (Wildman–Crippen LogP) is 5.01. The van der Waals surface area contributed by atoms with Crippen molar-refractivity contribution < 1.29 is 18.7 Å². The second kappa shape index (κ2) is 8.93. The zero-order valence-corrected chi connectivity index (χ0v) is 17.3. The third-order valence-electron chi connectivity index (χ3n) is 4.39. The quantitative estimate of drug-likeness (QED) is 0.446. The first-order chi connectivity index (χ1) is 15.0. The fourth-order valence-electron chi connectivity index (χ4n) is 2.99. The van der Waals surface area contributed by atoms with E-state index in [1.165, 1.54) is 18.2 Å². The molecule has 8 heteroatoms. The van der Waals surface area contributed by atoms with Gasteiger partial charge in [-0.1, -0.05) is 24.3 Å². The van der Waals surface area contributed by atoms with Gasteiger partial charge in [-0.05, 0) is 49.4 Å². The first kappa shape index (κ1) is 20.5. The molecule has 3 aromatic carbocycles. The van der Waals surface area contributed by atoms with Crippen LogP contribution in [0.25, 0.3) is 10.2 Å². The normalized spacial score (nSPS) is 10.6. The maximum atomic E-state index is 13.7.